The molecule has 0 saturated carbocycles. The minimum Gasteiger partial charge on any atom is -0.396 e. The quantitative estimate of drug-likeness (QED) is 0.731. The molecule has 20 heavy (non-hydrogen) atoms. The summed E-state index contributed by atoms with van der Waals surface area (Å²) in [5.74, 6) is 1.56. The van der Waals surface area contributed by atoms with E-state index in [0.717, 1.165) is 41.8 Å². The molecule has 0 aliphatic heterocycles. The second-order valence-electron chi connectivity index (χ2n) is 5.05. The van der Waals surface area contributed by atoms with Crippen molar-refractivity contribution in [1.29, 1.82) is 0 Å². The van der Waals surface area contributed by atoms with Gasteiger partial charge in [0.2, 0.25) is 5.95 Å². The fourth-order valence-electron chi connectivity index (χ4n) is 2.37. The van der Waals surface area contributed by atoms with E-state index in [4.69, 9.17) is 10.8 Å². The minimum absolute atomic E-state index is 0.227. The molecule has 2 aromatic rings. The van der Waals surface area contributed by atoms with E-state index < -0.39 is 0 Å². The number of fused-ring (bicyclic) bond motifs is 1. The first-order chi connectivity index (χ1) is 9.63. The molecule has 2 heterocycles. The van der Waals surface area contributed by atoms with Crippen LogP contribution in [0, 0.1) is 12.8 Å². The Morgan fingerprint density at radius 1 is 1.40 bits per heavy atom. The molecule has 0 aliphatic rings. The van der Waals surface area contributed by atoms with Gasteiger partial charge < -0.3 is 16.2 Å². The molecule has 5 nitrogen and oxygen atoms in total. The Labute approximate surface area is 123 Å². The van der Waals surface area contributed by atoms with Crippen LogP contribution in [0.15, 0.2) is 6.07 Å². The van der Waals surface area contributed by atoms with E-state index in [9.17, 15) is 0 Å². The molecule has 0 spiro atoms. The van der Waals surface area contributed by atoms with Crippen molar-refractivity contribution in [2.45, 2.75) is 33.1 Å². The molecule has 6 heteroatoms. The zero-order valence-electron chi connectivity index (χ0n) is 12.0. The van der Waals surface area contributed by atoms with Crippen LogP contribution in [0.4, 0.5) is 11.8 Å². The Morgan fingerprint density at radius 3 is 2.90 bits per heavy atom. The number of aryl methyl sites for hydroxylation is 1. The maximum atomic E-state index is 9.11. The summed E-state index contributed by atoms with van der Waals surface area (Å²) in [4.78, 5) is 10.7. The number of nitrogens with one attached hydrogen (secondary N) is 1. The van der Waals surface area contributed by atoms with Crippen LogP contribution in [-0.2, 0) is 0 Å². The molecule has 0 aliphatic carbocycles. The van der Waals surface area contributed by atoms with Crippen molar-refractivity contribution >= 4 is 33.3 Å². The lowest BCUT2D eigenvalue weighted by atomic mass is 10.0. The van der Waals surface area contributed by atoms with Crippen LogP contribution in [0.3, 0.4) is 0 Å². The molecule has 2 aromatic heterocycles. The minimum atomic E-state index is 0.227. The molecule has 0 aromatic carbocycles. The first-order valence-electron chi connectivity index (χ1n) is 7.02. The summed E-state index contributed by atoms with van der Waals surface area (Å²) in [5, 5.41) is 13.5. The Hall–Kier alpha value is -1.40. The van der Waals surface area contributed by atoms with E-state index in [1.165, 1.54) is 4.88 Å². The van der Waals surface area contributed by atoms with Gasteiger partial charge in [-0.15, -0.1) is 11.3 Å². The molecule has 1 unspecified atom stereocenters. The molecule has 0 saturated heterocycles. The number of rotatable bonds is 7. The van der Waals surface area contributed by atoms with Crippen LogP contribution in [0.25, 0.3) is 10.2 Å². The standard InChI is InChI=1S/C14H22N4OS/c1-3-4-10(5-6-19)8-16-12-11-7-9(2)20-13(11)18-14(15)17-12/h7,10,19H,3-6,8H2,1-2H3,(H3,15,16,17,18). The number of nitrogens with two attached hydrogens (primary N) is 1. The summed E-state index contributed by atoms with van der Waals surface area (Å²) in [7, 11) is 0. The predicted octanol–water partition coefficient (Wildman–Crippen LogP) is 2.79. The maximum absolute atomic E-state index is 9.11. The third kappa shape index (κ3) is 3.58. The molecule has 0 radical (unpaired) electrons. The second kappa shape index (κ2) is 6.85. The largest absolute Gasteiger partial charge is 0.396 e. The highest BCUT2D eigenvalue weighted by Gasteiger charge is 2.12. The van der Waals surface area contributed by atoms with Crippen LogP contribution in [0.1, 0.15) is 31.1 Å². The lowest BCUT2D eigenvalue weighted by Crippen LogP contribution is -2.17. The number of aromatic nitrogens is 2. The number of aliphatic hydroxyl groups is 1. The van der Waals surface area contributed by atoms with Crippen molar-refractivity contribution in [1.82, 2.24) is 9.97 Å². The number of thiophene rings is 1. The van der Waals surface area contributed by atoms with Crippen molar-refractivity contribution < 1.29 is 5.11 Å². The smallest absolute Gasteiger partial charge is 0.223 e. The van der Waals surface area contributed by atoms with E-state index >= 15 is 0 Å². The number of anilines is 2. The average Bonchev–Trinajstić information content (AvgIpc) is 2.76. The highest BCUT2D eigenvalue weighted by molar-refractivity contribution is 7.18. The van der Waals surface area contributed by atoms with E-state index in [2.05, 4.69) is 35.2 Å². The fraction of sp³-hybridized carbons (Fsp3) is 0.571. The van der Waals surface area contributed by atoms with E-state index in [-0.39, 0.29) is 6.61 Å². The first-order valence-corrected chi connectivity index (χ1v) is 7.84. The molecule has 1 atom stereocenters. The molecule has 0 bridgehead atoms. The summed E-state index contributed by atoms with van der Waals surface area (Å²) in [6.07, 6.45) is 3.03. The molecule has 4 N–H and O–H groups in total. The van der Waals surface area contributed by atoms with Crippen molar-refractivity contribution in [2.24, 2.45) is 5.92 Å². The van der Waals surface area contributed by atoms with E-state index in [0.29, 0.717) is 11.9 Å². The lowest BCUT2D eigenvalue weighted by molar-refractivity contribution is 0.255. The predicted molar refractivity (Wildman–Crippen MR) is 85.2 cm³/mol. The number of hydrogen-bond acceptors (Lipinski definition) is 6. The normalized spacial score (nSPS) is 12.8. The zero-order chi connectivity index (χ0) is 14.5. The Bertz CT molecular complexity index is 564. The van der Waals surface area contributed by atoms with Crippen molar-refractivity contribution in [3.63, 3.8) is 0 Å². The van der Waals surface area contributed by atoms with Gasteiger partial charge in [-0.1, -0.05) is 13.3 Å². The summed E-state index contributed by atoms with van der Waals surface area (Å²) in [6, 6.07) is 2.09. The number of hydrogen-bond donors (Lipinski definition) is 3. The Morgan fingerprint density at radius 2 is 2.20 bits per heavy atom. The summed E-state index contributed by atoms with van der Waals surface area (Å²) in [6.45, 7) is 5.24. The van der Waals surface area contributed by atoms with Crippen molar-refractivity contribution in [3.8, 4) is 0 Å². The van der Waals surface area contributed by atoms with Gasteiger partial charge in [-0.25, -0.2) is 4.98 Å². The van der Waals surface area contributed by atoms with Gasteiger partial charge in [0.15, 0.2) is 0 Å². The van der Waals surface area contributed by atoms with Crippen molar-refractivity contribution in [2.75, 3.05) is 24.2 Å². The van der Waals surface area contributed by atoms with Gasteiger partial charge in [0.25, 0.3) is 0 Å². The van der Waals surface area contributed by atoms with Crippen molar-refractivity contribution in [3.05, 3.63) is 10.9 Å². The molecule has 0 fully saturated rings. The number of nitrogens with zero attached hydrogens (tertiary/aromatic N) is 2. The van der Waals surface area contributed by atoms with Gasteiger partial charge in [0.05, 0.1) is 5.39 Å². The lowest BCUT2D eigenvalue weighted by Gasteiger charge is -2.16. The molecular weight excluding hydrogens is 272 g/mol. The first kappa shape index (κ1) is 15.0. The fourth-order valence-corrected chi connectivity index (χ4v) is 3.26. The highest BCUT2D eigenvalue weighted by Crippen LogP contribution is 2.29. The van der Waals surface area contributed by atoms with E-state index in [1.807, 2.05) is 0 Å². The summed E-state index contributed by atoms with van der Waals surface area (Å²) < 4.78 is 0. The van der Waals surface area contributed by atoms with Crippen LogP contribution >= 0.6 is 11.3 Å². The maximum Gasteiger partial charge on any atom is 0.223 e. The van der Waals surface area contributed by atoms with Crippen LogP contribution in [0.2, 0.25) is 0 Å². The van der Waals surface area contributed by atoms with Gasteiger partial charge in [-0.2, -0.15) is 4.98 Å². The van der Waals surface area contributed by atoms with Gasteiger partial charge in [0.1, 0.15) is 10.6 Å². The van der Waals surface area contributed by atoms with E-state index in [1.54, 1.807) is 11.3 Å². The average molecular weight is 294 g/mol. The number of nitrogen functional groups attached to an aromatic ring is 1. The van der Waals surface area contributed by atoms with Gasteiger partial charge in [-0.3, -0.25) is 0 Å². The SMILES string of the molecule is CCCC(CCO)CNc1nc(N)nc2sc(C)cc12. The summed E-state index contributed by atoms with van der Waals surface area (Å²) >= 11 is 1.62. The van der Waals surface area contributed by atoms with Gasteiger partial charge in [0, 0.05) is 18.0 Å². The molecule has 110 valence electrons. The molecule has 2 rings (SSSR count). The highest BCUT2D eigenvalue weighted by atomic mass is 32.1. The van der Waals surface area contributed by atoms with Gasteiger partial charge >= 0.3 is 0 Å². The zero-order valence-corrected chi connectivity index (χ0v) is 12.8. The third-order valence-corrected chi connectivity index (χ3v) is 4.27. The summed E-state index contributed by atoms with van der Waals surface area (Å²) in [5.41, 5.74) is 5.76. The number of aliphatic hydroxyl groups excluding tert-OH is 1. The monoisotopic (exact) mass is 294 g/mol. The Kier molecular flexibility index (Phi) is 5.14. The molecule has 0 amide bonds. The topological polar surface area (TPSA) is 84.1 Å². The van der Waals surface area contributed by atoms with Gasteiger partial charge in [-0.05, 0) is 31.7 Å². The van der Waals surface area contributed by atoms with Crippen LogP contribution in [0.5, 0.6) is 0 Å². The third-order valence-electron chi connectivity index (χ3n) is 3.33. The van der Waals surface area contributed by atoms with Crippen LogP contribution in [-0.4, -0.2) is 28.2 Å². The molecular formula is C14H22N4OS. The Balaban J connectivity index is 2.15. The second-order valence-corrected chi connectivity index (χ2v) is 6.29. The van der Waals surface area contributed by atoms with Crippen LogP contribution < -0.4 is 11.1 Å².